The fourth-order valence-electron chi connectivity index (χ4n) is 2.36. The molecule has 3 aromatic rings. The van der Waals surface area contributed by atoms with Gasteiger partial charge in [0.15, 0.2) is 0 Å². The maximum atomic E-state index is 12.2. The molecule has 27 heavy (non-hydrogen) atoms. The Labute approximate surface area is 153 Å². The van der Waals surface area contributed by atoms with Gasteiger partial charge < -0.3 is 15.1 Å². The van der Waals surface area contributed by atoms with E-state index in [2.05, 4.69) is 25.7 Å². The number of aromatic nitrogens is 4. The summed E-state index contributed by atoms with van der Waals surface area (Å²) in [5, 5.41) is 9.14. The first-order valence-corrected chi connectivity index (χ1v) is 8.25. The van der Waals surface area contributed by atoms with Crippen LogP contribution >= 0.6 is 0 Å². The molecule has 0 aliphatic rings. The summed E-state index contributed by atoms with van der Waals surface area (Å²) in [5.41, 5.74) is 0.819. The lowest BCUT2D eigenvalue weighted by Gasteiger charge is -2.08. The van der Waals surface area contributed by atoms with E-state index >= 15 is 0 Å². The van der Waals surface area contributed by atoms with Gasteiger partial charge in [0.05, 0.1) is 18.5 Å². The highest BCUT2D eigenvalue weighted by Crippen LogP contribution is 2.14. The van der Waals surface area contributed by atoms with E-state index in [9.17, 15) is 14.4 Å². The van der Waals surface area contributed by atoms with Crippen LogP contribution in [0, 0.1) is 6.92 Å². The van der Waals surface area contributed by atoms with Gasteiger partial charge >= 0.3 is 11.8 Å². The number of rotatable bonds is 5. The number of H-pyrrole nitrogens is 1. The molecule has 0 unspecified atom stereocenters. The van der Waals surface area contributed by atoms with Crippen molar-refractivity contribution in [2.75, 3.05) is 5.32 Å². The van der Waals surface area contributed by atoms with E-state index in [4.69, 9.17) is 4.42 Å². The maximum Gasteiger partial charge on any atom is 0.314 e. The molecular formula is C17H18N6O4. The van der Waals surface area contributed by atoms with Crippen molar-refractivity contribution in [1.29, 1.82) is 0 Å². The van der Waals surface area contributed by atoms with Crippen LogP contribution in [0.25, 0.3) is 5.95 Å². The van der Waals surface area contributed by atoms with E-state index in [0.717, 1.165) is 0 Å². The Hall–Kier alpha value is -3.69. The Kier molecular flexibility index (Phi) is 5.15. The van der Waals surface area contributed by atoms with Crippen molar-refractivity contribution in [3.63, 3.8) is 0 Å². The molecule has 0 saturated carbocycles. The maximum absolute atomic E-state index is 12.2. The molecule has 3 aromatic heterocycles. The van der Waals surface area contributed by atoms with Crippen molar-refractivity contribution < 1.29 is 14.0 Å². The molecule has 3 N–H and O–H groups in total. The van der Waals surface area contributed by atoms with Crippen LogP contribution in [-0.4, -0.2) is 31.6 Å². The van der Waals surface area contributed by atoms with Crippen LogP contribution in [0.2, 0.25) is 0 Å². The molecule has 0 aliphatic carbocycles. The number of aryl methyl sites for hydroxylation is 2. The van der Waals surface area contributed by atoms with E-state index in [1.807, 2.05) is 6.92 Å². The number of carbonyl (C=O) groups is 2. The van der Waals surface area contributed by atoms with E-state index < -0.39 is 11.8 Å². The largest absolute Gasteiger partial charge is 0.467 e. The lowest BCUT2D eigenvalue weighted by Crippen LogP contribution is -2.35. The number of hydrogen-bond acceptors (Lipinski definition) is 6. The van der Waals surface area contributed by atoms with Crippen LogP contribution in [0.4, 0.5) is 5.82 Å². The third-order valence-electron chi connectivity index (χ3n) is 3.63. The van der Waals surface area contributed by atoms with Crippen LogP contribution in [0.5, 0.6) is 0 Å². The number of furan rings is 1. The zero-order chi connectivity index (χ0) is 19.4. The van der Waals surface area contributed by atoms with Gasteiger partial charge in [-0.2, -0.15) is 9.78 Å². The number of amides is 2. The van der Waals surface area contributed by atoms with Gasteiger partial charge in [0.1, 0.15) is 11.6 Å². The predicted molar refractivity (Wildman–Crippen MR) is 95.3 cm³/mol. The Morgan fingerprint density at radius 2 is 2.11 bits per heavy atom. The quantitative estimate of drug-likeness (QED) is 0.565. The Morgan fingerprint density at radius 3 is 2.81 bits per heavy atom. The summed E-state index contributed by atoms with van der Waals surface area (Å²) in [5.74, 6) is -0.826. The molecule has 0 atom stereocenters. The second kappa shape index (κ2) is 7.68. The number of carbonyl (C=O) groups excluding carboxylic acids is 2. The monoisotopic (exact) mass is 370 g/mol. The van der Waals surface area contributed by atoms with Gasteiger partial charge in [0.2, 0.25) is 5.95 Å². The molecule has 3 heterocycles. The van der Waals surface area contributed by atoms with Gasteiger partial charge in [-0.25, -0.2) is 4.98 Å². The minimum Gasteiger partial charge on any atom is -0.467 e. The fraction of sp³-hybridized carbons (Fsp3) is 0.235. The van der Waals surface area contributed by atoms with Gasteiger partial charge in [-0.1, -0.05) is 6.92 Å². The second-order valence-corrected chi connectivity index (χ2v) is 5.71. The SMILES string of the molecule is CCc1cc(=O)[nH]c(-n2nc(C)cc2NC(=O)C(=O)NCc2ccco2)n1. The van der Waals surface area contributed by atoms with Crippen molar-refractivity contribution in [2.45, 2.75) is 26.8 Å². The molecular weight excluding hydrogens is 352 g/mol. The normalized spacial score (nSPS) is 10.6. The second-order valence-electron chi connectivity index (χ2n) is 5.71. The summed E-state index contributed by atoms with van der Waals surface area (Å²) in [4.78, 5) is 42.8. The lowest BCUT2D eigenvalue weighted by atomic mass is 10.3. The van der Waals surface area contributed by atoms with Gasteiger partial charge in [0, 0.05) is 17.8 Å². The summed E-state index contributed by atoms with van der Waals surface area (Å²) in [6, 6.07) is 6.32. The lowest BCUT2D eigenvalue weighted by molar-refractivity contribution is -0.136. The summed E-state index contributed by atoms with van der Waals surface area (Å²) < 4.78 is 6.36. The summed E-state index contributed by atoms with van der Waals surface area (Å²) >= 11 is 0. The van der Waals surface area contributed by atoms with Crippen molar-refractivity contribution in [3.8, 4) is 5.95 Å². The molecule has 0 aromatic carbocycles. The number of nitrogens with zero attached hydrogens (tertiary/aromatic N) is 3. The van der Waals surface area contributed by atoms with E-state index in [1.54, 1.807) is 25.1 Å². The molecule has 0 fully saturated rings. The number of aromatic amines is 1. The topological polar surface area (TPSA) is 135 Å². The highest BCUT2D eigenvalue weighted by molar-refractivity contribution is 6.39. The smallest absolute Gasteiger partial charge is 0.314 e. The van der Waals surface area contributed by atoms with Crippen molar-refractivity contribution in [3.05, 3.63) is 58.0 Å². The van der Waals surface area contributed by atoms with Crippen LogP contribution in [0.1, 0.15) is 24.1 Å². The first kappa shape index (κ1) is 18.1. The molecule has 0 spiro atoms. The van der Waals surface area contributed by atoms with E-state index in [0.29, 0.717) is 23.6 Å². The van der Waals surface area contributed by atoms with Gasteiger partial charge in [0.25, 0.3) is 5.56 Å². The predicted octanol–water partition coefficient (Wildman–Crippen LogP) is 0.674. The third kappa shape index (κ3) is 4.29. The van der Waals surface area contributed by atoms with Crippen molar-refractivity contribution in [1.82, 2.24) is 25.1 Å². The molecule has 3 rings (SSSR count). The number of anilines is 1. The van der Waals surface area contributed by atoms with Crippen LogP contribution in [0.3, 0.4) is 0 Å². The standard InChI is InChI=1S/C17H18N6O4/c1-3-11-8-14(24)21-17(19-11)23-13(7-10(2)22-23)20-16(26)15(25)18-9-12-5-4-6-27-12/h4-8H,3,9H2,1-2H3,(H,18,25)(H,20,26)(H,19,21,24). The van der Waals surface area contributed by atoms with Crippen LogP contribution in [-0.2, 0) is 22.6 Å². The molecule has 140 valence electrons. The highest BCUT2D eigenvalue weighted by atomic mass is 16.3. The van der Waals surface area contributed by atoms with Crippen molar-refractivity contribution in [2.24, 2.45) is 0 Å². The number of hydrogen-bond donors (Lipinski definition) is 3. The molecule has 10 heteroatoms. The zero-order valence-corrected chi connectivity index (χ0v) is 14.8. The molecule has 0 aliphatic heterocycles. The van der Waals surface area contributed by atoms with Gasteiger partial charge in [-0.15, -0.1) is 0 Å². The van der Waals surface area contributed by atoms with Crippen molar-refractivity contribution >= 4 is 17.6 Å². The van der Waals surface area contributed by atoms with Gasteiger partial charge in [-0.05, 0) is 25.5 Å². The van der Waals surface area contributed by atoms with Crippen LogP contribution < -0.4 is 16.2 Å². The molecule has 2 amide bonds. The molecule has 0 saturated heterocycles. The summed E-state index contributed by atoms with van der Waals surface area (Å²) in [7, 11) is 0. The zero-order valence-electron chi connectivity index (χ0n) is 14.8. The van der Waals surface area contributed by atoms with Crippen LogP contribution in [0.15, 0.2) is 39.7 Å². The summed E-state index contributed by atoms with van der Waals surface area (Å²) in [6.07, 6.45) is 2.04. The number of nitrogens with one attached hydrogen (secondary N) is 3. The summed E-state index contributed by atoms with van der Waals surface area (Å²) in [6.45, 7) is 3.67. The van der Waals surface area contributed by atoms with E-state index in [1.165, 1.54) is 17.0 Å². The first-order chi connectivity index (χ1) is 13.0. The Morgan fingerprint density at radius 1 is 1.30 bits per heavy atom. The molecule has 10 nitrogen and oxygen atoms in total. The molecule has 0 radical (unpaired) electrons. The van der Waals surface area contributed by atoms with Gasteiger partial charge in [-0.3, -0.25) is 19.4 Å². The minimum absolute atomic E-state index is 0.0883. The molecule has 0 bridgehead atoms. The first-order valence-electron chi connectivity index (χ1n) is 8.25. The third-order valence-corrected chi connectivity index (χ3v) is 3.63. The highest BCUT2D eigenvalue weighted by Gasteiger charge is 2.18. The Bertz CT molecular complexity index is 1020. The fourth-order valence-corrected chi connectivity index (χ4v) is 2.36. The average Bonchev–Trinajstić information content (AvgIpc) is 3.28. The van der Waals surface area contributed by atoms with E-state index in [-0.39, 0.29) is 23.9 Å². The average molecular weight is 370 g/mol. The Balaban J connectivity index is 1.77. The minimum atomic E-state index is -0.878.